The molecule has 1 heterocycles. The van der Waals surface area contributed by atoms with E-state index in [-0.39, 0.29) is 29.9 Å². The first-order valence-corrected chi connectivity index (χ1v) is 12.2. The average molecular weight is 470 g/mol. The normalized spacial score (nSPS) is 14.6. The van der Waals surface area contributed by atoms with Crippen LogP contribution in [0.15, 0.2) is 30.3 Å². The van der Waals surface area contributed by atoms with Gasteiger partial charge in [-0.1, -0.05) is 57.7 Å². The van der Waals surface area contributed by atoms with Gasteiger partial charge in [-0.05, 0) is 31.9 Å². The molecule has 0 spiro atoms. The van der Waals surface area contributed by atoms with E-state index >= 15 is 0 Å². The molecular formula is C26H39N5O3. The smallest absolute Gasteiger partial charge is 0.318 e. The van der Waals surface area contributed by atoms with Crippen molar-refractivity contribution in [1.82, 2.24) is 20.0 Å². The maximum absolute atomic E-state index is 13.1. The molecule has 2 N–H and O–H groups in total. The Bertz CT molecular complexity index is 956. The first kappa shape index (κ1) is 25.7. The lowest BCUT2D eigenvalue weighted by Crippen LogP contribution is -2.49. The number of hydrogen-bond acceptors (Lipinski definition) is 4. The molecule has 1 fully saturated rings. The number of urea groups is 1. The predicted octanol–water partition coefficient (Wildman–Crippen LogP) is 4.41. The second-order valence-corrected chi connectivity index (χ2v) is 10.2. The van der Waals surface area contributed by atoms with Gasteiger partial charge in [-0.15, -0.1) is 0 Å². The van der Waals surface area contributed by atoms with E-state index in [1.807, 2.05) is 37.3 Å². The number of amides is 3. The van der Waals surface area contributed by atoms with E-state index in [4.69, 9.17) is 9.84 Å². The van der Waals surface area contributed by atoms with Crippen molar-refractivity contribution in [3.63, 3.8) is 0 Å². The minimum atomic E-state index is -0.274. The largest absolute Gasteiger partial charge is 0.383 e. The lowest BCUT2D eigenvalue weighted by molar-refractivity contribution is -0.116. The fraction of sp³-hybridized carbons (Fsp3) is 0.577. The molecular weight excluding hydrogens is 430 g/mol. The molecule has 1 aromatic heterocycles. The van der Waals surface area contributed by atoms with Crippen molar-refractivity contribution in [2.45, 2.75) is 71.3 Å². The molecule has 8 heteroatoms. The number of nitrogens with one attached hydrogen (secondary N) is 2. The van der Waals surface area contributed by atoms with Crippen LogP contribution in [0, 0.1) is 6.92 Å². The van der Waals surface area contributed by atoms with Gasteiger partial charge in [0.05, 0.1) is 18.0 Å². The van der Waals surface area contributed by atoms with Crippen LogP contribution in [0.4, 0.5) is 10.6 Å². The van der Waals surface area contributed by atoms with E-state index in [0.717, 1.165) is 42.6 Å². The Labute approximate surface area is 203 Å². The quantitative estimate of drug-likeness (QED) is 0.599. The van der Waals surface area contributed by atoms with E-state index in [0.29, 0.717) is 19.0 Å². The molecule has 1 aromatic carbocycles. The Hall–Kier alpha value is -2.87. The van der Waals surface area contributed by atoms with Gasteiger partial charge in [0, 0.05) is 31.2 Å². The summed E-state index contributed by atoms with van der Waals surface area (Å²) < 4.78 is 6.92. The minimum Gasteiger partial charge on any atom is -0.383 e. The van der Waals surface area contributed by atoms with Crippen molar-refractivity contribution < 1.29 is 14.3 Å². The maximum atomic E-state index is 13.1. The summed E-state index contributed by atoms with van der Waals surface area (Å²) in [6.45, 7) is 8.93. The lowest BCUT2D eigenvalue weighted by atomic mass is 9.92. The van der Waals surface area contributed by atoms with Gasteiger partial charge in [-0.2, -0.15) is 5.10 Å². The molecule has 186 valence electrons. The third kappa shape index (κ3) is 7.06. The number of ether oxygens (including phenoxy) is 1. The molecule has 1 saturated carbocycles. The van der Waals surface area contributed by atoms with Gasteiger partial charge in [0.2, 0.25) is 5.91 Å². The minimum absolute atomic E-state index is 0.0636. The second-order valence-electron chi connectivity index (χ2n) is 10.2. The summed E-state index contributed by atoms with van der Waals surface area (Å²) in [5.41, 5.74) is 2.70. The molecule has 8 nitrogen and oxygen atoms in total. The number of carbonyl (C=O) groups is 2. The van der Waals surface area contributed by atoms with Gasteiger partial charge in [0.1, 0.15) is 12.4 Å². The van der Waals surface area contributed by atoms with E-state index < -0.39 is 0 Å². The Morgan fingerprint density at radius 1 is 1.15 bits per heavy atom. The monoisotopic (exact) mass is 469 g/mol. The topological polar surface area (TPSA) is 88.5 Å². The number of methoxy groups -OCH3 is 1. The van der Waals surface area contributed by atoms with Gasteiger partial charge in [0.25, 0.3) is 0 Å². The van der Waals surface area contributed by atoms with Crippen LogP contribution in [0.25, 0.3) is 5.69 Å². The molecule has 0 radical (unpaired) electrons. The number of benzene rings is 1. The zero-order chi connectivity index (χ0) is 24.7. The highest BCUT2D eigenvalue weighted by Crippen LogP contribution is 2.26. The average Bonchev–Trinajstić information content (AvgIpc) is 3.22. The fourth-order valence-electron chi connectivity index (χ4n) is 4.04. The van der Waals surface area contributed by atoms with Crippen molar-refractivity contribution in [2.75, 3.05) is 32.1 Å². The zero-order valence-corrected chi connectivity index (χ0v) is 21.2. The van der Waals surface area contributed by atoms with Crippen molar-refractivity contribution in [3.05, 3.63) is 41.6 Å². The van der Waals surface area contributed by atoms with Crippen molar-refractivity contribution in [1.29, 1.82) is 0 Å². The number of anilines is 1. The molecule has 0 aliphatic heterocycles. The number of hydrogen-bond donors (Lipinski definition) is 2. The van der Waals surface area contributed by atoms with Crippen LogP contribution in [-0.4, -0.2) is 59.5 Å². The molecule has 3 rings (SSSR count). The fourth-order valence-corrected chi connectivity index (χ4v) is 4.04. The molecule has 0 bridgehead atoms. The highest BCUT2D eigenvalue weighted by molar-refractivity contribution is 5.94. The van der Waals surface area contributed by atoms with Crippen LogP contribution in [0.1, 0.15) is 64.1 Å². The van der Waals surface area contributed by atoms with Crippen molar-refractivity contribution in [2.24, 2.45) is 0 Å². The number of aromatic nitrogens is 2. The molecule has 0 saturated heterocycles. The highest BCUT2D eigenvalue weighted by Gasteiger charge is 2.24. The van der Waals surface area contributed by atoms with Crippen LogP contribution in [0.2, 0.25) is 0 Å². The number of aryl methyl sites for hydroxylation is 1. The lowest BCUT2D eigenvalue weighted by Gasteiger charge is -2.28. The molecule has 2 aromatic rings. The highest BCUT2D eigenvalue weighted by atomic mass is 16.5. The third-order valence-electron chi connectivity index (χ3n) is 6.14. The van der Waals surface area contributed by atoms with Crippen LogP contribution >= 0.6 is 0 Å². The van der Waals surface area contributed by atoms with Crippen molar-refractivity contribution in [3.8, 4) is 5.69 Å². The number of rotatable bonds is 8. The summed E-state index contributed by atoms with van der Waals surface area (Å²) >= 11 is 0. The SMILES string of the molecule is COCCN(CC(=O)Nc1cc(C(C)(C)C)nn1-c1ccc(C)cc1)C(=O)NC1CCCCC1. The molecule has 3 amide bonds. The predicted molar refractivity (Wildman–Crippen MR) is 134 cm³/mol. The van der Waals surface area contributed by atoms with E-state index in [1.165, 1.54) is 11.3 Å². The van der Waals surface area contributed by atoms with Crippen LogP contribution in [0.3, 0.4) is 0 Å². The number of nitrogens with zero attached hydrogens (tertiary/aromatic N) is 3. The Morgan fingerprint density at radius 2 is 1.82 bits per heavy atom. The number of carbonyl (C=O) groups excluding carboxylic acids is 2. The summed E-state index contributed by atoms with van der Waals surface area (Å²) in [5, 5.41) is 10.8. The van der Waals surface area contributed by atoms with Crippen LogP contribution in [0.5, 0.6) is 0 Å². The van der Waals surface area contributed by atoms with Gasteiger partial charge >= 0.3 is 6.03 Å². The van der Waals surface area contributed by atoms with Crippen molar-refractivity contribution >= 4 is 17.8 Å². The molecule has 1 aliphatic carbocycles. The van der Waals surface area contributed by atoms with Gasteiger partial charge in [0.15, 0.2) is 0 Å². The third-order valence-corrected chi connectivity index (χ3v) is 6.14. The summed E-state index contributed by atoms with van der Waals surface area (Å²) in [6, 6.07) is 9.84. The second kappa shape index (κ2) is 11.5. The molecule has 1 aliphatic rings. The van der Waals surface area contributed by atoms with Gasteiger partial charge < -0.3 is 20.3 Å². The summed E-state index contributed by atoms with van der Waals surface area (Å²) in [6.07, 6.45) is 5.45. The molecule has 34 heavy (non-hydrogen) atoms. The standard InChI is InChI=1S/C26H39N5O3/c1-19-11-13-21(14-12-19)31-23(17-22(29-31)26(2,3)4)28-24(32)18-30(15-16-34-5)25(33)27-20-9-7-6-8-10-20/h11-14,17,20H,6-10,15-16,18H2,1-5H3,(H,27,33)(H,28,32). The van der Waals surface area contributed by atoms with Crippen LogP contribution < -0.4 is 10.6 Å². The summed E-state index contributed by atoms with van der Waals surface area (Å²) in [4.78, 5) is 27.5. The molecule has 0 atom stereocenters. The van der Waals surface area contributed by atoms with E-state index in [9.17, 15) is 9.59 Å². The Balaban J connectivity index is 1.75. The Morgan fingerprint density at radius 3 is 2.44 bits per heavy atom. The zero-order valence-electron chi connectivity index (χ0n) is 21.2. The molecule has 0 unspecified atom stereocenters. The van der Waals surface area contributed by atoms with Crippen LogP contribution in [-0.2, 0) is 14.9 Å². The van der Waals surface area contributed by atoms with Gasteiger partial charge in [-0.3, -0.25) is 4.79 Å². The van der Waals surface area contributed by atoms with Gasteiger partial charge in [-0.25, -0.2) is 9.48 Å². The maximum Gasteiger partial charge on any atom is 0.318 e. The van der Waals surface area contributed by atoms with E-state index in [1.54, 1.807) is 11.8 Å². The summed E-state index contributed by atoms with van der Waals surface area (Å²) in [7, 11) is 1.59. The van der Waals surface area contributed by atoms with E-state index in [2.05, 4.69) is 31.4 Å². The first-order valence-electron chi connectivity index (χ1n) is 12.2. The Kier molecular flexibility index (Phi) is 8.72. The summed E-state index contributed by atoms with van der Waals surface area (Å²) in [5.74, 6) is 0.307. The first-order chi connectivity index (χ1) is 16.2.